The van der Waals surface area contributed by atoms with E-state index in [2.05, 4.69) is 16.0 Å². The smallest absolute Gasteiger partial charge is 0.248 e. The fraction of sp³-hybridized carbons (Fsp3) is 0.227. The Kier molecular flexibility index (Phi) is 5.41. The van der Waals surface area contributed by atoms with Crippen LogP contribution in [0, 0.1) is 0 Å². The van der Waals surface area contributed by atoms with Crippen LogP contribution in [0.3, 0.4) is 0 Å². The molecule has 0 spiro atoms. The highest BCUT2D eigenvalue weighted by Gasteiger charge is 2.23. The van der Waals surface area contributed by atoms with E-state index < -0.39 is 5.91 Å². The zero-order chi connectivity index (χ0) is 19.3. The molecule has 1 aromatic carbocycles. The van der Waals surface area contributed by atoms with Crippen molar-refractivity contribution >= 4 is 5.91 Å². The SMILES string of the molecule is NC(=O)c1ccc(-c2cccc([C@@H]3CN(Cc4cccnc4)CCO3)n2)cc1. The van der Waals surface area contributed by atoms with Crippen LogP contribution in [0.2, 0.25) is 0 Å². The number of benzene rings is 1. The fourth-order valence-corrected chi connectivity index (χ4v) is 3.37. The van der Waals surface area contributed by atoms with Gasteiger partial charge in [0.05, 0.1) is 18.0 Å². The lowest BCUT2D eigenvalue weighted by Crippen LogP contribution is -2.38. The Bertz CT molecular complexity index is 944. The molecule has 28 heavy (non-hydrogen) atoms. The quantitative estimate of drug-likeness (QED) is 0.743. The van der Waals surface area contributed by atoms with Gasteiger partial charge in [-0.05, 0) is 35.9 Å². The van der Waals surface area contributed by atoms with Gasteiger partial charge in [0.2, 0.25) is 5.91 Å². The van der Waals surface area contributed by atoms with Crippen LogP contribution in [0.1, 0.15) is 27.7 Å². The van der Waals surface area contributed by atoms with E-state index in [4.69, 9.17) is 15.5 Å². The number of carbonyl (C=O) groups is 1. The van der Waals surface area contributed by atoms with Gasteiger partial charge in [0.1, 0.15) is 6.10 Å². The molecule has 0 unspecified atom stereocenters. The summed E-state index contributed by atoms with van der Waals surface area (Å²) in [5.74, 6) is -0.433. The van der Waals surface area contributed by atoms with Gasteiger partial charge in [0.25, 0.3) is 0 Å². The molecule has 6 heteroatoms. The summed E-state index contributed by atoms with van der Waals surface area (Å²) in [5.41, 5.74) is 9.69. The Morgan fingerprint density at radius 2 is 2.00 bits per heavy atom. The van der Waals surface area contributed by atoms with E-state index in [-0.39, 0.29) is 6.10 Å². The van der Waals surface area contributed by atoms with Gasteiger partial charge in [0, 0.05) is 43.2 Å². The molecule has 142 valence electrons. The van der Waals surface area contributed by atoms with Crippen LogP contribution >= 0.6 is 0 Å². The molecule has 0 bridgehead atoms. The number of amides is 1. The first-order valence-electron chi connectivity index (χ1n) is 9.29. The van der Waals surface area contributed by atoms with Crippen molar-refractivity contribution in [3.05, 3.63) is 83.8 Å². The van der Waals surface area contributed by atoms with Crippen molar-refractivity contribution in [3.63, 3.8) is 0 Å². The van der Waals surface area contributed by atoms with E-state index in [1.807, 2.05) is 42.6 Å². The van der Waals surface area contributed by atoms with Gasteiger partial charge in [-0.25, -0.2) is 0 Å². The lowest BCUT2D eigenvalue weighted by Gasteiger charge is -2.32. The average Bonchev–Trinajstić information content (AvgIpc) is 2.75. The van der Waals surface area contributed by atoms with Crippen LogP contribution in [0.5, 0.6) is 0 Å². The van der Waals surface area contributed by atoms with E-state index in [9.17, 15) is 4.79 Å². The summed E-state index contributed by atoms with van der Waals surface area (Å²) in [5, 5.41) is 0. The first kappa shape index (κ1) is 18.3. The minimum atomic E-state index is -0.433. The molecular formula is C22H22N4O2. The summed E-state index contributed by atoms with van der Waals surface area (Å²) in [6.45, 7) is 3.19. The maximum absolute atomic E-state index is 11.3. The summed E-state index contributed by atoms with van der Waals surface area (Å²) in [6, 6.07) is 17.2. The fourth-order valence-electron chi connectivity index (χ4n) is 3.37. The second kappa shape index (κ2) is 8.29. The van der Waals surface area contributed by atoms with E-state index in [0.717, 1.165) is 36.6 Å². The van der Waals surface area contributed by atoms with E-state index in [1.165, 1.54) is 5.56 Å². The molecule has 1 atom stereocenters. The zero-order valence-electron chi connectivity index (χ0n) is 15.5. The van der Waals surface area contributed by atoms with Crippen molar-refractivity contribution < 1.29 is 9.53 Å². The van der Waals surface area contributed by atoms with Crippen LogP contribution in [0.15, 0.2) is 67.0 Å². The molecule has 1 fully saturated rings. The Labute approximate surface area is 164 Å². The van der Waals surface area contributed by atoms with Gasteiger partial charge in [0.15, 0.2) is 0 Å². The molecule has 0 aliphatic carbocycles. The molecule has 4 rings (SSSR count). The number of morpholine rings is 1. The number of ether oxygens (including phenoxy) is 1. The van der Waals surface area contributed by atoms with Crippen molar-refractivity contribution in [3.8, 4) is 11.3 Å². The molecule has 0 radical (unpaired) electrons. The summed E-state index contributed by atoms with van der Waals surface area (Å²) < 4.78 is 5.99. The highest BCUT2D eigenvalue weighted by atomic mass is 16.5. The summed E-state index contributed by atoms with van der Waals surface area (Å²) in [4.78, 5) is 22.6. The molecular weight excluding hydrogens is 352 g/mol. The molecule has 3 heterocycles. The number of pyridine rings is 2. The van der Waals surface area contributed by atoms with Gasteiger partial charge >= 0.3 is 0 Å². The van der Waals surface area contributed by atoms with Crippen LogP contribution in [0.25, 0.3) is 11.3 Å². The molecule has 1 aliphatic rings. The van der Waals surface area contributed by atoms with Gasteiger partial charge in [-0.15, -0.1) is 0 Å². The number of rotatable bonds is 5. The number of primary amides is 1. The lowest BCUT2D eigenvalue weighted by atomic mass is 10.1. The van der Waals surface area contributed by atoms with Crippen molar-refractivity contribution in [2.45, 2.75) is 12.6 Å². The second-order valence-electron chi connectivity index (χ2n) is 6.85. The van der Waals surface area contributed by atoms with Crippen LogP contribution in [0.4, 0.5) is 0 Å². The lowest BCUT2D eigenvalue weighted by molar-refractivity contribution is -0.0349. The number of hydrogen-bond acceptors (Lipinski definition) is 5. The normalized spacial score (nSPS) is 17.4. The van der Waals surface area contributed by atoms with E-state index in [0.29, 0.717) is 12.2 Å². The minimum Gasteiger partial charge on any atom is -0.369 e. The third-order valence-corrected chi connectivity index (χ3v) is 4.85. The van der Waals surface area contributed by atoms with Crippen LogP contribution in [-0.2, 0) is 11.3 Å². The Morgan fingerprint density at radius 1 is 1.14 bits per heavy atom. The predicted octanol–water partition coefficient (Wildman–Crippen LogP) is 2.82. The number of nitrogens with zero attached hydrogens (tertiary/aromatic N) is 3. The molecule has 2 N–H and O–H groups in total. The highest BCUT2D eigenvalue weighted by molar-refractivity contribution is 5.93. The molecule has 3 aromatic rings. The molecule has 2 aromatic heterocycles. The molecule has 1 saturated heterocycles. The third kappa shape index (κ3) is 4.24. The topological polar surface area (TPSA) is 81.3 Å². The maximum atomic E-state index is 11.3. The highest BCUT2D eigenvalue weighted by Crippen LogP contribution is 2.25. The van der Waals surface area contributed by atoms with Gasteiger partial charge in [-0.2, -0.15) is 0 Å². The summed E-state index contributed by atoms with van der Waals surface area (Å²) >= 11 is 0. The van der Waals surface area contributed by atoms with Crippen molar-refractivity contribution in [2.75, 3.05) is 19.7 Å². The standard InChI is InChI=1S/C22H22N4O2/c23-22(27)18-8-6-17(7-9-18)19-4-1-5-20(25-19)21-15-26(11-12-28-21)14-16-3-2-10-24-13-16/h1-10,13,21H,11-12,14-15H2,(H2,23,27)/t21-/m0/s1. The second-order valence-corrected chi connectivity index (χ2v) is 6.85. The number of carbonyl (C=O) groups excluding carboxylic acids is 1. The zero-order valence-corrected chi connectivity index (χ0v) is 15.5. The van der Waals surface area contributed by atoms with Crippen molar-refractivity contribution in [1.82, 2.24) is 14.9 Å². The van der Waals surface area contributed by atoms with E-state index in [1.54, 1.807) is 18.3 Å². The van der Waals surface area contributed by atoms with Gasteiger partial charge in [-0.3, -0.25) is 19.7 Å². The molecule has 1 amide bonds. The van der Waals surface area contributed by atoms with Crippen molar-refractivity contribution in [1.29, 1.82) is 0 Å². The minimum absolute atomic E-state index is 0.0738. The number of aromatic nitrogens is 2. The van der Waals surface area contributed by atoms with Crippen molar-refractivity contribution in [2.24, 2.45) is 5.73 Å². The maximum Gasteiger partial charge on any atom is 0.248 e. The van der Waals surface area contributed by atoms with E-state index >= 15 is 0 Å². The summed E-state index contributed by atoms with van der Waals surface area (Å²) in [7, 11) is 0. The van der Waals surface area contributed by atoms with Gasteiger partial charge < -0.3 is 10.5 Å². The van der Waals surface area contributed by atoms with Crippen LogP contribution in [-0.4, -0.2) is 40.5 Å². The molecule has 1 aliphatic heterocycles. The molecule has 0 saturated carbocycles. The first-order chi connectivity index (χ1) is 13.7. The number of nitrogens with two attached hydrogens (primary N) is 1. The Morgan fingerprint density at radius 3 is 2.75 bits per heavy atom. The number of hydrogen-bond donors (Lipinski definition) is 1. The Balaban J connectivity index is 1.49. The van der Waals surface area contributed by atoms with Gasteiger partial charge in [-0.1, -0.05) is 24.3 Å². The average molecular weight is 374 g/mol. The largest absolute Gasteiger partial charge is 0.369 e. The predicted molar refractivity (Wildman–Crippen MR) is 106 cm³/mol. The third-order valence-electron chi connectivity index (χ3n) is 4.85. The summed E-state index contributed by atoms with van der Waals surface area (Å²) in [6.07, 6.45) is 3.62. The first-order valence-corrected chi connectivity index (χ1v) is 9.29. The molecule has 6 nitrogen and oxygen atoms in total. The Hall–Kier alpha value is -3.09. The van der Waals surface area contributed by atoms with Crippen LogP contribution < -0.4 is 5.73 Å². The monoisotopic (exact) mass is 374 g/mol.